The fourth-order valence-electron chi connectivity index (χ4n) is 4.61. The fourth-order valence-corrected chi connectivity index (χ4v) is 4.76. The first kappa shape index (κ1) is 24.0. The predicted molar refractivity (Wildman–Crippen MR) is 138 cm³/mol. The molecule has 0 bridgehead atoms. The maximum Gasteiger partial charge on any atom is 0.196 e. The number of pyridine rings is 1. The van der Waals surface area contributed by atoms with Gasteiger partial charge in [0.1, 0.15) is 22.6 Å². The summed E-state index contributed by atoms with van der Waals surface area (Å²) in [7, 11) is 0. The first-order chi connectivity index (χ1) is 17.2. The lowest BCUT2D eigenvalue weighted by atomic mass is 9.89. The van der Waals surface area contributed by atoms with E-state index in [4.69, 9.17) is 20.8 Å². The molecule has 1 N–H and O–H groups in total. The number of anilines is 1. The van der Waals surface area contributed by atoms with Gasteiger partial charge in [0, 0.05) is 22.7 Å². The highest BCUT2D eigenvalue weighted by molar-refractivity contribution is 6.29. The summed E-state index contributed by atoms with van der Waals surface area (Å²) in [6.07, 6.45) is 3.64. The molecule has 0 unspecified atom stereocenters. The normalized spacial score (nSPS) is 15.3. The highest BCUT2D eigenvalue weighted by Crippen LogP contribution is 2.33. The molecule has 1 atom stereocenters. The molecule has 0 aliphatic carbocycles. The van der Waals surface area contributed by atoms with E-state index < -0.39 is 0 Å². The lowest BCUT2D eigenvalue weighted by molar-refractivity contribution is -0.111. The van der Waals surface area contributed by atoms with Crippen molar-refractivity contribution in [2.45, 2.75) is 40.3 Å². The van der Waals surface area contributed by atoms with Gasteiger partial charge < -0.3 is 14.5 Å². The van der Waals surface area contributed by atoms with Crippen LogP contribution < -0.4 is 10.7 Å². The van der Waals surface area contributed by atoms with E-state index in [-0.39, 0.29) is 27.7 Å². The first-order valence-electron chi connectivity index (χ1n) is 11.7. The maximum atomic E-state index is 13.4. The third kappa shape index (κ3) is 4.36. The van der Waals surface area contributed by atoms with E-state index in [9.17, 15) is 10.1 Å². The van der Waals surface area contributed by atoms with E-state index in [0.717, 1.165) is 23.2 Å². The molecule has 1 aliphatic heterocycles. The maximum absolute atomic E-state index is 13.4. The molecular formula is C27H26ClN5O3. The Morgan fingerprint density at radius 1 is 1.31 bits per heavy atom. The van der Waals surface area contributed by atoms with Crippen molar-refractivity contribution in [3.8, 4) is 17.4 Å². The van der Waals surface area contributed by atoms with Crippen LogP contribution in [0.5, 0.6) is 0 Å². The Balaban J connectivity index is 1.57. The smallest absolute Gasteiger partial charge is 0.196 e. The van der Waals surface area contributed by atoms with Gasteiger partial charge in [0.15, 0.2) is 11.1 Å². The minimum Gasteiger partial charge on any atom is -0.455 e. The number of benzene rings is 1. The van der Waals surface area contributed by atoms with Crippen LogP contribution in [0.4, 0.5) is 5.69 Å². The molecule has 4 aromatic rings. The molecule has 5 rings (SSSR count). The van der Waals surface area contributed by atoms with Crippen molar-refractivity contribution in [3.05, 3.63) is 74.4 Å². The summed E-state index contributed by atoms with van der Waals surface area (Å²) in [5.74, 6) is 0.497. The number of nitrogens with zero attached hydrogens (tertiary/aromatic N) is 4. The molecule has 3 aromatic heterocycles. The van der Waals surface area contributed by atoms with Crippen molar-refractivity contribution in [2.75, 3.05) is 18.5 Å². The second-order valence-corrected chi connectivity index (χ2v) is 10.2. The topological polar surface area (TPSA) is 106 Å². The summed E-state index contributed by atoms with van der Waals surface area (Å²) in [5.41, 5.74) is 4.24. The third-order valence-electron chi connectivity index (χ3n) is 6.54. The number of halogens is 1. The molecule has 1 saturated heterocycles. The number of nitrogens with one attached hydrogen (secondary N) is 1. The molecule has 1 aromatic carbocycles. The minimum atomic E-state index is -0.289. The number of hydrogen-bond acceptors (Lipinski definition) is 7. The van der Waals surface area contributed by atoms with Crippen LogP contribution in [-0.4, -0.2) is 28.0 Å². The predicted octanol–water partition coefficient (Wildman–Crippen LogP) is 5.40. The Bertz CT molecular complexity index is 1580. The Morgan fingerprint density at radius 2 is 2.08 bits per heavy atom. The molecule has 0 spiro atoms. The molecule has 9 heteroatoms. The highest BCUT2D eigenvalue weighted by Gasteiger charge is 2.34. The number of fused-ring (bicyclic) bond motifs is 1. The molecule has 8 nitrogen and oxygen atoms in total. The standard InChI is InChI=1S/C27H26ClN5O3/c1-15-7-19(17(3)31-21-5-6-23(28)32-22(21)9-29)26-20(8-15)24(34)16(2)25(36-26)18-10-30-33(11-18)12-27(4)13-35-14-27/h5-8,10-11,17,31H,12-14H2,1-4H3/t17-/m1/s1. The zero-order valence-corrected chi connectivity index (χ0v) is 21.3. The van der Waals surface area contributed by atoms with Crippen LogP contribution in [0, 0.1) is 30.6 Å². The van der Waals surface area contributed by atoms with Crippen LogP contribution in [0.1, 0.15) is 42.3 Å². The lowest BCUT2D eigenvalue weighted by Gasteiger charge is -2.37. The molecule has 0 amide bonds. The molecular weight excluding hydrogens is 478 g/mol. The summed E-state index contributed by atoms with van der Waals surface area (Å²) >= 11 is 5.95. The van der Waals surface area contributed by atoms with E-state index in [0.29, 0.717) is 41.2 Å². The van der Waals surface area contributed by atoms with Crippen LogP contribution in [0.25, 0.3) is 22.3 Å². The second kappa shape index (κ2) is 9.08. The van der Waals surface area contributed by atoms with Gasteiger partial charge in [-0.1, -0.05) is 24.6 Å². The summed E-state index contributed by atoms with van der Waals surface area (Å²) < 4.78 is 13.7. The first-order valence-corrected chi connectivity index (χ1v) is 12.1. The van der Waals surface area contributed by atoms with Gasteiger partial charge >= 0.3 is 0 Å². The molecule has 1 aliphatic rings. The molecule has 1 fully saturated rings. The highest BCUT2D eigenvalue weighted by atomic mass is 35.5. The number of ether oxygens (including phenoxy) is 1. The molecule has 0 radical (unpaired) electrons. The Morgan fingerprint density at radius 3 is 2.78 bits per heavy atom. The Labute approximate surface area is 213 Å². The zero-order chi connectivity index (χ0) is 25.6. The van der Waals surface area contributed by atoms with E-state index >= 15 is 0 Å². The van der Waals surface area contributed by atoms with Crippen molar-refractivity contribution < 1.29 is 9.15 Å². The Kier molecular flexibility index (Phi) is 6.07. The average Bonchev–Trinajstić information content (AvgIpc) is 3.29. The van der Waals surface area contributed by atoms with Crippen molar-refractivity contribution in [1.29, 1.82) is 5.26 Å². The monoisotopic (exact) mass is 503 g/mol. The summed E-state index contributed by atoms with van der Waals surface area (Å²) in [4.78, 5) is 17.5. The molecule has 4 heterocycles. The van der Waals surface area contributed by atoms with E-state index in [1.807, 2.05) is 36.9 Å². The fraction of sp³-hybridized carbons (Fsp3) is 0.333. The van der Waals surface area contributed by atoms with Crippen molar-refractivity contribution >= 4 is 28.3 Å². The average molecular weight is 504 g/mol. The van der Waals surface area contributed by atoms with Gasteiger partial charge in [0.25, 0.3) is 0 Å². The van der Waals surface area contributed by atoms with Gasteiger partial charge in [0.2, 0.25) is 0 Å². The van der Waals surface area contributed by atoms with Gasteiger partial charge in [-0.3, -0.25) is 9.48 Å². The number of hydrogen-bond donors (Lipinski definition) is 1. The van der Waals surface area contributed by atoms with Crippen molar-refractivity contribution in [2.24, 2.45) is 5.41 Å². The van der Waals surface area contributed by atoms with Gasteiger partial charge in [0.05, 0.1) is 48.6 Å². The van der Waals surface area contributed by atoms with E-state index in [2.05, 4.69) is 28.4 Å². The molecule has 184 valence electrons. The number of aryl methyl sites for hydroxylation is 1. The largest absolute Gasteiger partial charge is 0.455 e. The number of aromatic nitrogens is 3. The lowest BCUT2D eigenvalue weighted by Crippen LogP contribution is -2.43. The van der Waals surface area contributed by atoms with Crippen LogP contribution in [-0.2, 0) is 11.3 Å². The van der Waals surface area contributed by atoms with Crippen LogP contribution >= 0.6 is 11.6 Å². The van der Waals surface area contributed by atoms with E-state index in [1.54, 1.807) is 25.3 Å². The van der Waals surface area contributed by atoms with E-state index in [1.165, 1.54) is 0 Å². The SMILES string of the molecule is Cc1cc([C@@H](C)Nc2ccc(Cl)nc2C#N)c2oc(-c3cnn(CC4(C)COC4)c3)c(C)c(=O)c2c1. The Hall–Kier alpha value is -3.67. The third-order valence-corrected chi connectivity index (χ3v) is 6.75. The summed E-state index contributed by atoms with van der Waals surface area (Å²) in [5, 5.41) is 18.1. The molecule has 0 saturated carbocycles. The van der Waals surface area contributed by atoms with Gasteiger partial charge in [-0.25, -0.2) is 4.98 Å². The van der Waals surface area contributed by atoms with Crippen molar-refractivity contribution in [1.82, 2.24) is 14.8 Å². The number of nitriles is 1. The van der Waals surface area contributed by atoms with Crippen molar-refractivity contribution in [3.63, 3.8) is 0 Å². The summed E-state index contributed by atoms with van der Waals surface area (Å²) in [6, 6.07) is 8.95. The van der Waals surface area contributed by atoms with Gasteiger partial charge in [-0.2, -0.15) is 10.4 Å². The van der Waals surface area contributed by atoms with Crippen LogP contribution in [0.2, 0.25) is 5.15 Å². The van der Waals surface area contributed by atoms with Crippen LogP contribution in [0.15, 0.2) is 45.9 Å². The summed E-state index contributed by atoms with van der Waals surface area (Å²) in [6.45, 7) is 9.97. The van der Waals surface area contributed by atoms with Crippen LogP contribution in [0.3, 0.4) is 0 Å². The second-order valence-electron chi connectivity index (χ2n) is 9.85. The quantitative estimate of drug-likeness (QED) is 0.351. The van der Waals surface area contributed by atoms with Gasteiger partial charge in [-0.15, -0.1) is 0 Å². The minimum absolute atomic E-state index is 0.0627. The number of rotatable bonds is 6. The molecule has 36 heavy (non-hydrogen) atoms. The van der Waals surface area contributed by atoms with Gasteiger partial charge in [-0.05, 0) is 44.5 Å². The zero-order valence-electron chi connectivity index (χ0n) is 20.6.